The predicted molar refractivity (Wildman–Crippen MR) is 72.5 cm³/mol. The Morgan fingerprint density at radius 3 is 3.00 bits per heavy atom. The highest BCUT2D eigenvalue weighted by atomic mass is 35.5. The first-order valence-corrected chi connectivity index (χ1v) is 7.10. The molecule has 1 aliphatic rings. The molecule has 3 rings (SSSR count). The quantitative estimate of drug-likeness (QED) is 0.701. The van der Waals surface area contributed by atoms with Crippen molar-refractivity contribution < 1.29 is 36.1 Å². The van der Waals surface area contributed by atoms with Gasteiger partial charge in [-0.2, -0.15) is 0 Å². The van der Waals surface area contributed by atoms with Crippen LogP contribution in [0.25, 0.3) is 0 Å². The van der Waals surface area contributed by atoms with Crippen LogP contribution in [-0.2, 0) is 6.61 Å². The maximum Gasteiger partial charge on any atom is 0.254 e. The number of ether oxygens (including phenoxy) is 2. The maximum atomic E-state index is 13.0. The Kier molecular flexibility index (Phi) is 6.03. The molecule has 0 radical (unpaired) electrons. The smallest absolute Gasteiger partial charge is 0.254 e. The Labute approximate surface area is 134 Å². The minimum Gasteiger partial charge on any atom is -1.00 e. The monoisotopic (exact) mass is 328 g/mol. The summed E-state index contributed by atoms with van der Waals surface area (Å²) in [6.07, 6.45) is 2.41. The van der Waals surface area contributed by atoms with Gasteiger partial charge < -0.3 is 31.7 Å². The summed E-state index contributed by atoms with van der Waals surface area (Å²) in [7, 11) is 0. The largest absolute Gasteiger partial charge is 1.00 e. The summed E-state index contributed by atoms with van der Waals surface area (Å²) in [6.45, 7) is 1.99. The molecule has 1 aromatic heterocycles. The van der Waals surface area contributed by atoms with Crippen molar-refractivity contribution in [3.63, 3.8) is 0 Å². The number of rotatable bonds is 6. The van der Waals surface area contributed by atoms with Gasteiger partial charge in [0.25, 0.3) is 5.88 Å². The summed E-state index contributed by atoms with van der Waals surface area (Å²) in [5.41, 5.74) is 0. The Hall–Kier alpha value is -1.79. The van der Waals surface area contributed by atoms with Gasteiger partial charge in [-0.3, -0.25) is 0 Å². The fourth-order valence-electron chi connectivity index (χ4n) is 2.34. The van der Waals surface area contributed by atoms with E-state index in [-0.39, 0.29) is 24.8 Å². The van der Waals surface area contributed by atoms with Gasteiger partial charge in [0.1, 0.15) is 30.8 Å². The van der Waals surface area contributed by atoms with Gasteiger partial charge in [0.05, 0.1) is 6.54 Å². The summed E-state index contributed by atoms with van der Waals surface area (Å²) < 4.78 is 29.2. The van der Waals surface area contributed by atoms with Crippen LogP contribution < -0.4 is 27.2 Å². The third kappa shape index (κ3) is 4.61. The van der Waals surface area contributed by atoms with Crippen LogP contribution in [0.3, 0.4) is 0 Å². The van der Waals surface area contributed by atoms with E-state index in [1.807, 2.05) is 0 Å². The third-order valence-electron chi connectivity index (χ3n) is 3.44. The summed E-state index contributed by atoms with van der Waals surface area (Å²) in [4.78, 5) is 0. The molecule has 1 aromatic carbocycles. The van der Waals surface area contributed by atoms with E-state index in [1.165, 1.54) is 31.5 Å². The van der Waals surface area contributed by atoms with E-state index in [1.54, 1.807) is 18.2 Å². The maximum absolute atomic E-state index is 13.0. The summed E-state index contributed by atoms with van der Waals surface area (Å²) in [5, 5.41) is 6.13. The lowest BCUT2D eigenvalue weighted by atomic mass is 10.2. The van der Waals surface area contributed by atoms with Crippen LogP contribution in [0.15, 0.2) is 34.9 Å². The molecule has 0 bridgehead atoms. The van der Waals surface area contributed by atoms with Crippen molar-refractivity contribution in [3.8, 4) is 11.6 Å². The first-order valence-electron chi connectivity index (χ1n) is 7.10. The van der Waals surface area contributed by atoms with E-state index in [9.17, 15) is 4.39 Å². The number of halogens is 2. The van der Waals surface area contributed by atoms with E-state index >= 15 is 0 Å². The molecular weight excluding hydrogens is 311 g/mol. The van der Waals surface area contributed by atoms with Crippen molar-refractivity contribution in [1.82, 2.24) is 5.16 Å². The van der Waals surface area contributed by atoms with E-state index in [0.717, 1.165) is 0 Å². The van der Waals surface area contributed by atoms with E-state index in [0.29, 0.717) is 30.0 Å². The molecule has 7 heteroatoms. The third-order valence-corrected chi connectivity index (χ3v) is 3.44. The Balaban J connectivity index is 0.00000176. The molecule has 1 atom stereocenters. The highest BCUT2D eigenvalue weighted by Gasteiger charge is 2.19. The standard InChI is InChI=1S/C15H17FN2O3.ClH/c16-11-3-1-5-13(7-11)19-10-14-8-15(18-21-14)20-9-12-4-2-6-17-12;/h1,3,5,7-8,12,17H,2,4,6,9-10H2;1H/t12-;/m0./s1. The van der Waals surface area contributed by atoms with Crippen LogP contribution >= 0.6 is 0 Å². The number of nitrogens with zero attached hydrogens (tertiary/aromatic N) is 1. The number of benzene rings is 1. The fraction of sp³-hybridized carbons (Fsp3) is 0.400. The molecule has 0 saturated carbocycles. The second-order valence-electron chi connectivity index (χ2n) is 5.12. The molecule has 2 heterocycles. The van der Waals surface area contributed by atoms with E-state index in [2.05, 4.69) is 10.5 Å². The topological polar surface area (TPSA) is 61.1 Å². The molecule has 2 N–H and O–H groups in total. The van der Waals surface area contributed by atoms with Crippen molar-refractivity contribution in [1.29, 1.82) is 0 Å². The fourth-order valence-corrected chi connectivity index (χ4v) is 2.34. The molecular formula is C15H18ClFN2O3. The second-order valence-corrected chi connectivity index (χ2v) is 5.12. The van der Waals surface area contributed by atoms with Gasteiger partial charge in [0.2, 0.25) is 0 Å². The van der Waals surface area contributed by atoms with E-state index in [4.69, 9.17) is 14.0 Å². The van der Waals surface area contributed by atoms with Crippen LogP contribution in [-0.4, -0.2) is 24.4 Å². The predicted octanol–water partition coefficient (Wildman–Crippen LogP) is -1.50. The average Bonchev–Trinajstić information content (AvgIpc) is 3.15. The molecule has 1 fully saturated rings. The van der Waals surface area contributed by atoms with Crippen LogP contribution in [0, 0.1) is 5.82 Å². The Morgan fingerprint density at radius 1 is 1.32 bits per heavy atom. The number of nitrogens with two attached hydrogens (primary N) is 1. The SMILES string of the molecule is Fc1cccc(OCc2cc(OC[C@@H]3CCC[NH2+]3)no2)c1.[Cl-]. The van der Waals surface area contributed by atoms with Gasteiger partial charge in [-0.05, 0) is 17.3 Å². The Morgan fingerprint density at radius 2 is 2.23 bits per heavy atom. The molecule has 5 nitrogen and oxygen atoms in total. The highest BCUT2D eigenvalue weighted by Crippen LogP contribution is 2.17. The lowest BCUT2D eigenvalue weighted by Crippen LogP contribution is -3.00. The zero-order valence-electron chi connectivity index (χ0n) is 12.0. The van der Waals surface area contributed by atoms with Gasteiger partial charge >= 0.3 is 0 Å². The minimum atomic E-state index is -0.332. The van der Waals surface area contributed by atoms with Crippen molar-refractivity contribution in [2.45, 2.75) is 25.5 Å². The average molecular weight is 329 g/mol. The summed E-state index contributed by atoms with van der Waals surface area (Å²) in [6, 6.07) is 8.18. The van der Waals surface area contributed by atoms with Crippen molar-refractivity contribution in [2.75, 3.05) is 13.2 Å². The van der Waals surface area contributed by atoms with Crippen LogP contribution in [0.5, 0.6) is 11.6 Å². The van der Waals surface area contributed by atoms with Crippen molar-refractivity contribution in [3.05, 3.63) is 41.9 Å². The van der Waals surface area contributed by atoms with Gasteiger partial charge in [0.15, 0.2) is 5.76 Å². The molecule has 2 aromatic rings. The van der Waals surface area contributed by atoms with Crippen molar-refractivity contribution >= 4 is 0 Å². The number of hydrogen-bond acceptors (Lipinski definition) is 4. The zero-order valence-corrected chi connectivity index (χ0v) is 12.8. The molecule has 0 unspecified atom stereocenters. The molecule has 0 amide bonds. The van der Waals surface area contributed by atoms with Gasteiger partial charge in [-0.1, -0.05) is 6.07 Å². The normalized spacial score (nSPS) is 17.0. The summed E-state index contributed by atoms with van der Waals surface area (Å²) in [5.74, 6) is 1.13. The van der Waals surface area contributed by atoms with Crippen molar-refractivity contribution in [2.24, 2.45) is 0 Å². The number of hydrogen-bond donors (Lipinski definition) is 1. The number of quaternary nitrogens is 1. The lowest BCUT2D eigenvalue weighted by molar-refractivity contribution is -0.670. The Bertz CT molecular complexity index is 588. The molecule has 0 spiro atoms. The molecule has 1 saturated heterocycles. The summed E-state index contributed by atoms with van der Waals surface area (Å²) >= 11 is 0. The minimum absolute atomic E-state index is 0. The molecule has 0 aliphatic carbocycles. The second kappa shape index (κ2) is 8.00. The molecule has 22 heavy (non-hydrogen) atoms. The lowest BCUT2D eigenvalue weighted by Gasteiger charge is -2.06. The molecule has 120 valence electrons. The molecule has 1 aliphatic heterocycles. The van der Waals surface area contributed by atoms with Gasteiger partial charge in [-0.25, -0.2) is 4.39 Å². The van der Waals surface area contributed by atoms with Crippen LogP contribution in [0.4, 0.5) is 4.39 Å². The van der Waals surface area contributed by atoms with Crippen LogP contribution in [0.1, 0.15) is 18.6 Å². The van der Waals surface area contributed by atoms with E-state index < -0.39 is 0 Å². The van der Waals surface area contributed by atoms with Gasteiger partial charge in [0, 0.05) is 25.0 Å². The van der Waals surface area contributed by atoms with Crippen LogP contribution in [0.2, 0.25) is 0 Å². The van der Waals surface area contributed by atoms with Gasteiger partial charge in [-0.15, -0.1) is 0 Å². The highest BCUT2D eigenvalue weighted by molar-refractivity contribution is 5.22. The number of aromatic nitrogens is 1. The first-order chi connectivity index (χ1) is 10.3. The first kappa shape index (κ1) is 16.6. The zero-order chi connectivity index (χ0) is 14.5.